The lowest BCUT2D eigenvalue weighted by molar-refractivity contribution is -0.156. The number of likely N-dealkylation sites (N-methyl/N-ethyl adjacent to an activating group) is 1. The second kappa shape index (κ2) is 5.61. The molecule has 0 aromatic rings. The number of hydrogen-bond donors (Lipinski definition) is 3. The predicted octanol–water partition coefficient (Wildman–Crippen LogP) is -0.104. The van der Waals surface area contributed by atoms with Crippen LogP contribution in [0.25, 0.3) is 0 Å². The number of carboxylic acid groups (broad SMARTS) is 1. The van der Waals surface area contributed by atoms with Gasteiger partial charge in [-0.1, -0.05) is 6.92 Å². The van der Waals surface area contributed by atoms with Gasteiger partial charge in [-0.05, 0) is 32.9 Å². The van der Waals surface area contributed by atoms with Gasteiger partial charge in [-0.25, -0.2) is 4.79 Å². The number of aliphatic carboxylic acids is 1. The van der Waals surface area contributed by atoms with E-state index in [1.165, 1.54) is 13.3 Å². The Morgan fingerprint density at radius 3 is 2.88 bits per heavy atom. The first-order valence-electron chi connectivity index (χ1n) is 5.88. The largest absolute Gasteiger partial charge is 0.479 e. The van der Waals surface area contributed by atoms with Gasteiger partial charge < -0.3 is 15.5 Å². The summed E-state index contributed by atoms with van der Waals surface area (Å²) in [4.78, 5) is 13.0. The summed E-state index contributed by atoms with van der Waals surface area (Å²) < 4.78 is 0. The summed E-state index contributed by atoms with van der Waals surface area (Å²) in [7, 11) is 0. The standard InChI is InChI=1S/C11H22N2O3/c1-3-13-6-4-5-9(13)7-12-8-11(2,16)10(14)15/h9,12,16H,3-8H2,1-2H3,(H,14,15). The molecule has 94 valence electrons. The van der Waals surface area contributed by atoms with Gasteiger partial charge in [0.25, 0.3) is 0 Å². The van der Waals surface area contributed by atoms with E-state index in [1.807, 2.05) is 0 Å². The van der Waals surface area contributed by atoms with Crippen molar-refractivity contribution in [1.29, 1.82) is 0 Å². The van der Waals surface area contributed by atoms with Gasteiger partial charge in [0.1, 0.15) is 0 Å². The number of rotatable bonds is 6. The molecule has 0 saturated carbocycles. The normalized spacial score (nSPS) is 25.6. The van der Waals surface area contributed by atoms with Crippen molar-refractivity contribution >= 4 is 5.97 Å². The maximum Gasteiger partial charge on any atom is 0.336 e. The number of nitrogens with zero attached hydrogens (tertiary/aromatic N) is 1. The number of likely N-dealkylation sites (tertiary alicyclic amines) is 1. The van der Waals surface area contributed by atoms with E-state index in [0.717, 1.165) is 26.1 Å². The first kappa shape index (κ1) is 13.4. The van der Waals surface area contributed by atoms with E-state index in [9.17, 15) is 9.90 Å². The molecule has 1 fully saturated rings. The minimum Gasteiger partial charge on any atom is -0.479 e. The Labute approximate surface area is 96.4 Å². The van der Waals surface area contributed by atoms with Crippen LogP contribution in [-0.4, -0.2) is 58.9 Å². The molecule has 0 aliphatic carbocycles. The molecule has 1 aliphatic rings. The molecule has 1 aliphatic heterocycles. The summed E-state index contributed by atoms with van der Waals surface area (Å²) in [6.45, 7) is 6.44. The lowest BCUT2D eigenvalue weighted by atomic mass is 10.1. The van der Waals surface area contributed by atoms with Crippen LogP contribution in [0.15, 0.2) is 0 Å². The third-order valence-corrected chi connectivity index (χ3v) is 3.22. The highest BCUT2D eigenvalue weighted by Gasteiger charge is 2.30. The fourth-order valence-electron chi connectivity index (χ4n) is 2.10. The Morgan fingerprint density at radius 1 is 1.62 bits per heavy atom. The molecule has 0 radical (unpaired) electrons. The molecule has 2 atom stereocenters. The second-order valence-electron chi connectivity index (χ2n) is 4.63. The Morgan fingerprint density at radius 2 is 2.31 bits per heavy atom. The van der Waals surface area contributed by atoms with Crippen LogP contribution in [0.2, 0.25) is 0 Å². The van der Waals surface area contributed by atoms with Crippen LogP contribution in [0.1, 0.15) is 26.7 Å². The van der Waals surface area contributed by atoms with Crippen molar-refractivity contribution in [2.75, 3.05) is 26.2 Å². The highest BCUT2D eigenvalue weighted by Crippen LogP contribution is 2.15. The van der Waals surface area contributed by atoms with Gasteiger partial charge in [0.05, 0.1) is 0 Å². The summed E-state index contributed by atoms with van der Waals surface area (Å²) in [6, 6.07) is 0.481. The van der Waals surface area contributed by atoms with E-state index >= 15 is 0 Å². The van der Waals surface area contributed by atoms with Gasteiger partial charge in [0, 0.05) is 19.1 Å². The second-order valence-corrected chi connectivity index (χ2v) is 4.63. The van der Waals surface area contributed by atoms with E-state index in [-0.39, 0.29) is 6.54 Å². The summed E-state index contributed by atoms with van der Waals surface area (Å²) in [6.07, 6.45) is 2.35. The SMILES string of the molecule is CCN1CCCC1CNCC(C)(O)C(=O)O. The molecule has 0 bridgehead atoms. The lowest BCUT2D eigenvalue weighted by Gasteiger charge is -2.25. The zero-order valence-corrected chi connectivity index (χ0v) is 10.1. The average molecular weight is 230 g/mol. The molecule has 16 heavy (non-hydrogen) atoms. The lowest BCUT2D eigenvalue weighted by Crippen LogP contribution is -2.48. The van der Waals surface area contributed by atoms with Crippen LogP contribution in [0.5, 0.6) is 0 Å². The molecular weight excluding hydrogens is 208 g/mol. The molecule has 1 rings (SSSR count). The maximum absolute atomic E-state index is 10.7. The Hall–Kier alpha value is -0.650. The van der Waals surface area contributed by atoms with Crippen molar-refractivity contribution in [3.05, 3.63) is 0 Å². The van der Waals surface area contributed by atoms with E-state index in [0.29, 0.717) is 6.04 Å². The van der Waals surface area contributed by atoms with Gasteiger partial charge in [0.15, 0.2) is 5.60 Å². The molecule has 3 N–H and O–H groups in total. The van der Waals surface area contributed by atoms with Gasteiger partial charge in [-0.2, -0.15) is 0 Å². The van der Waals surface area contributed by atoms with E-state index in [2.05, 4.69) is 17.1 Å². The summed E-state index contributed by atoms with van der Waals surface area (Å²) >= 11 is 0. The molecule has 5 heteroatoms. The predicted molar refractivity (Wildman–Crippen MR) is 61.4 cm³/mol. The molecule has 0 aromatic carbocycles. The molecule has 5 nitrogen and oxygen atoms in total. The number of aliphatic hydroxyl groups is 1. The molecular formula is C11H22N2O3. The van der Waals surface area contributed by atoms with Gasteiger partial charge >= 0.3 is 5.97 Å². The minimum atomic E-state index is -1.67. The fourth-order valence-corrected chi connectivity index (χ4v) is 2.10. The van der Waals surface area contributed by atoms with Crippen LogP contribution in [0.4, 0.5) is 0 Å². The third kappa shape index (κ3) is 3.43. The molecule has 0 amide bonds. The van der Waals surface area contributed by atoms with Crippen molar-refractivity contribution in [3.8, 4) is 0 Å². The Balaban J connectivity index is 2.27. The van der Waals surface area contributed by atoms with Crippen molar-refractivity contribution < 1.29 is 15.0 Å². The fraction of sp³-hybridized carbons (Fsp3) is 0.909. The molecule has 1 saturated heterocycles. The van der Waals surface area contributed by atoms with Crippen LogP contribution >= 0.6 is 0 Å². The van der Waals surface area contributed by atoms with E-state index < -0.39 is 11.6 Å². The topological polar surface area (TPSA) is 72.8 Å². The number of hydrogen-bond acceptors (Lipinski definition) is 4. The smallest absolute Gasteiger partial charge is 0.336 e. The van der Waals surface area contributed by atoms with Crippen molar-refractivity contribution in [2.24, 2.45) is 0 Å². The molecule has 2 unspecified atom stereocenters. The average Bonchev–Trinajstić information content (AvgIpc) is 2.64. The third-order valence-electron chi connectivity index (χ3n) is 3.22. The van der Waals surface area contributed by atoms with Gasteiger partial charge in [-0.15, -0.1) is 0 Å². The minimum absolute atomic E-state index is 0.0936. The monoisotopic (exact) mass is 230 g/mol. The number of carboxylic acids is 1. The van der Waals surface area contributed by atoms with Crippen molar-refractivity contribution in [1.82, 2.24) is 10.2 Å². The van der Waals surface area contributed by atoms with Gasteiger partial charge in [-0.3, -0.25) is 4.90 Å². The van der Waals surface area contributed by atoms with Crippen molar-refractivity contribution in [2.45, 2.75) is 38.3 Å². The van der Waals surface area contributed by atoms with Crippen LogP contribution in [-0.2, 0) is 4.79 Å². The van der Waals surface area contributed by atoms with Crippen LogP contribution in [0, 0.1) is 0 Å². The van der Waals surface area contributed by atoms with Crippen LogP contribution < -0.4 is 5.32 Å². The maximum atomic E-state index is 10.7. The number of nitrogens with one attached hydrogen (secondary N) is 1. The van der Waals surface area contributed by atoms with E-state index in [1.54, 1.807) is 0 Å². The first-order chi connectivity index (χ1) is 7.47. The van der Waals surface area contributed by atoms with Crippen molar-refractivity contribution in [3.63, 3.8) is 0 Å². The highest BCUT2D eigenvalue weighted by molar-refractivity contribution is 5.76. The Bertz CT molecular complexity index is 243. The summed E-state index contributed by atoms with van der Waals surface area (Å²) in [5.74, 6) is -1.18. The van der Waals surface area contributed by atoms with Crippen LogP contribution in [0.3, 0.4) is 0 Å². The van der Waals surface area contributed by atoms with Gasteiger partial charge in [0.2, 0.25) is 0 Å². The summed E-state index contributed by atoms with van der Waals surface area (Å²) in [5, 5.41) is 21.3. The molecule has 1 heterocycles. The number of carbonyl (C=O) groups is 1. The zero-order valence-electron chi connectivity index (χ0n) is 10.1. The molecule has 0 aromatic heterocycles. The van der Waals surface area contributed by atoms with E-state index in [4.69, 9.17) is 5.11 Å². The zero-order chi connectivity index (χ0) is 12.2. The quantitative estimate of drug-likeness (QED) is 0.594. The first-order valence-corrected chi connectivity index (χ1v) is 5.88. The Kier molecular flexibility index (Phi) is 4.70. The molecule has 0 spiro atoms. The summed E-state index contributed by atoms with van der Waals surface area (Å²) in [5.41, 5.74) is -1.67. The highest BCUT2D eigenvalue weighted by atomic mass is 16.4.